The molecule has 1 aliphatic heterocycles. The van der Waals surface area contributed by atoms with Crippen molar-refractivity contribution in [2.45, 2.75) is 39.1 Å². The Labute approximate surface area is 158 Å². The van der Waals surface area contributed by atoms with Gasteiger partial charge in [-0.05, 0) is 37.1 Å². The number of nitrogens with zero attached hydrogens (tertiary/aromatic N) is 1. The molecule has 1 fully saturated rings. The van der Waals surface area contributed by atoms with Gasteiger partial charge in [0.1, 0.15) is 11.6 Å². The maximum atomic E-state index is 13.6. The Bertz CT molecular complexity index is 785. The molecule has 2 atom stereocenters. The van der Waals surface area contributed by atoms with Gasteiger partial charge in [0.15, 0.2) is 0 Å². The predicted octanol–water partition coefficient (Wildman–Crippen LogP) is 3.50. The van der Waals surface area contributed by atoms with Crippen LogP contribution in [-0.4, -0.2) is 36.1 Å². The minimum absolute atomic E-state index is 0.163. The quantitative estimate of drug-likeness (QED) is 0.871. The van der Waals surface area contributed by atoms with Crippen molar-refractivity contribution in [3.8, 4) is 0 Å². The van der Waals surface area contributed by atoms with E-state index in [1.165, 1.54) is 5.56 Å². The number of rotatable bonds is 5. The zero-order valence-corrected chi connectivity index (χ0v) is 15.5. The van der Waals surface area contributed by atoms with Crippen LogP contribution in [0.5, 0.6) is 0 Å². The van der Waals surface area contributed by atoms with Crippen molar-refractivity contribution in [1.82, 2.24) is 10.2 Å². The van der Waals surface area contributed by atoms with Crippen molar-refractivity contribution in [3.05, 3.63) is 70.8 Å². The topological polar surface area (TPSA) is 41.6 Å². The van der Waals surface area contributed by atoms with E-state index in [0.29, 0.717) is 6.07 Å². The van der Waals surface area contributed by atoms with Crippen LogP contribution in [0.4, 0.5) is 8.78 Å². The molecule has 144 valence electrons. The SMILES string of the molecule is C[C@H]1CN(Cc2ccc(CNC(=O)c3ccc(F)cc3F)cc2)C[C@H](C)O1. The van der Waals surface area contributed by atoms with Gasteiger partial charge < -0.3 is 10.1 Å². The fraction of sp³-hybridized carbons (Fsp3) is 0.381. The number of carbonyl (C=O) groups excluding carboxylic acids is 1. The smallest absolute Gasteiger partial charge is 0.254 e. The molecule has 0 radical (unpaired) electrons. The number of nitrogens with one attached hydrogen (secondary N) is 1. The Morgan fingerprint density at radius 1 is 1.07 bits per heavy atom. The fourth-order valence-corrected chi connectivity index (χ4v) is 3.39. The Kier molecular flexibility index (Phi) is 6.19. The Morgan fingerprint density at radius 2 is 1.70 bits per heavy atom. The van der Waals surface area contributed by atoms with Crippen LogP contribution in [0.2, 0.25) is 0 Å². The fourth-order valence-electron chi connectivity index (χ4n) is 3.39. The highest BCUT2D eigenvalue weighted by Crippen LogP contribution is 2.15. The summed E-state index contributed by atoms with van der Waals surface area (Å²) in [7, 11) is 0. The van der Waals surface area contributed by atoms with Crippen molar-refractivity contribution in [2.24, 2.45) is 0 Å². The van der Waals surface area contributed by atoms with Crippen LogP contribution < -0.4 is 5.32 Å². The van der Waals surface area contributed by atoms with Crippen molar-refractivity contribution >= 4 is 5.91 Å². The summed E-state index contributed by atoms with van der Waals surface area (Å²) >= 11 is 0. The molecular weight excluding hydrogens is 350 g/mol. The van der Waals surface area contributed by atoms with Gasteiger partial charge in [0.25, 0.3) is 5.91 Å². The standard InChI is InChI=1S/C21H24F2N2O2/c1-14-11-25(12-15(2)27-14)13-17-5-3-16(4-6-17)10-24-21(26)19-8-7-18(22)9-20(19)23/h3-9,14-15H,10-13H2,1-2H3,(H,24,26)/t14-,15-/m0/s1. The van der Waals surface area contributed by atoms with Crippen molar-refractivity contribution in [3.63, 3.8) is 0 Å². The van der Waals surface area contributed by atoms with Gasteiger partial charge in [-0.3, -0.25) is 9.69 Å². The lowest BCUT2D eigenvalue weighted by molar-refractivity contribution is -0.0704. The third-order valence-corrected chi connectivity index (χ3v) is 4.55. The summed E-state index contributed by atoms with van der Waals surface area (Å²) in [6, 6.07) is 10.9. The zero-order valence-electron chi connectivity index (χ0n) is 15.5. The first kappa shape index (κ1) is 19.5. The molecular formula is C21H24F2N2O2. The summed E-state index contributed by atoms with van der Waals surface area (Å²) in [5.74, 6) is -2.13. The highest BCUT2D eigenvalue weighted by molar-refractivity contribution is 5.94. The van der Waals surface area contributed by atoms with Gasteiger partial charge in [-0.25, -0.2) is 8.78 Å². The molecule has 0 saturated carbocycles. The Morgan fingerprint density at radius 3 is 2.33 bits per heavy atom. The van der Waals surface area contributed by atoms with E-state index in [0.717, 1.165) is 37.3 Å². The van der Waals surface area contributed by atoms with E-state index in [-0.39, 0.29) is 24.3 Å². The minimum Gasteiger partial charge on any atom is -0.373 e. The first-order chi connectivity index (χ1) is 12.9. The van der Waals surface area contributed by atoms with Crippen molar-refractivity contribution in [1.29, 1.82) is 0 Å². The second-order valence-electron chi connectivity index (χ2n) is 7.07. The average Bonchev–Trinajstić information content (AvgIpc) is 2.60. The van der Waals surface area contributed by atoms with Gasteiger partial charge in [0.05, 0.1) is 17.8 Å². The van der Waals surface area contributed by atoms with Crippen LogP contribution in [0, 0.1) is 11.6 Å². The highest BCUT2D eigenvalue weighted by Gasteiger charge is 2.22. The van der Waals surface area contributed by atoms with Gasteiger partial charge >= 0.3 is 0 Å². The van der Waals surface area contributed by atoms with E-state index in [9.17, 15) is 13.6 Å². The molecule has 4 nitrogen and oxygen atoms in total. The van der Waals surface area contributed by atoms with E-state index in [1.807, 2.05) is 24.3 Å². The molecule has 0 bridgehead atoms. The van der Waals surface area contributed by atoms with Gasteiger partial charge in [0.2, 0.25) is 0 Å². The molecule has 2 aromatic rings. The number of morpholine rings is 1. The summed E-state index contributed by atoms with van der Waals surface area (Å²) in [6.45, 7) is 7.11. The Hall–Kier alpha value is -2.31. The van der Waals surface area contributed by atoms with Gasteiger partial charge in [-0.1, -0.05) is 24.3 Å². The van der Waals surface area contributed by atoms with Gasteiger partial charge in [-0.2, -0.15) is 0 Å². The molecule has 0 aromatic heterocycles. The van der Waals surface area contributed by atoms with Crippen LogP contribution in [0.3, 0.4) is 0 Å². The number of amides is 1. The van der Waals surface area contributed by atoms with E-state index in [4.69, 9.17) is 4.74 Å². The van der Waals surface area contributed by atoms with Gasteiger partial charge in [-0.15, -0.1) is 0 Å². The number of carbonyl (C=O) groups is 1. The summed E-state index contributed by atoms with van der Waals surface area (Å²) in [5.41, 5.74) is 1.94. The second kappa shape index (κ2) is 8.59. The molecule has 0 aliphatic carbocycles. The highest BCUT2D eigenvalue weighted by atomic mass is 19.1. The number of hydrogen-bond acceptors (Lipinski definition) is 3. The molecule has 1 aliphatic rings. The van der Waals surface area contributed by atoms with Crippen LogP contribution in [0.25, 0.3) is 0 Å². The second-order valence-corrected chi connectivity index (χ2v) is 7.07. The van der Waals surface area contributed by atoms with Crippen molar-refractivity contribution in [2.75, 3.05) is 13.1 Å². The number of benzene rings is 2. The lowest BCUT2D eigenvalue weighted by atomic mass is 10.1. The monoisotopic (exact) mass is 374 g/mol. The molecule has 1 saturated heterocycles. The minimum atomic E-state index is -0.864. The van der Waals surface area contributed by atoms with Crippen LogP contribution in [-0.2, 0) is 17.8 Å². The summed E-state index contributed by atoms with van der Waals surface area (Å²) < 4.78 is 32.3. The van der Waals surface area contributed by atoms with Gasteiger partial charge in [0, 0.05) is 32.2 Å². The van der Waals surface area contributed by atoms with Crippen LogP contribution >= 0.6 is 0 Å². The zero-order chi connectivity index (χ0) is 19.4. The summed E-state index contributed by atoms with van der Waals surface area (Å²) in [6.07, 6.45) is 0.463. The van der Waals surface area contributed by atoms with E-state index in [2.05, 4.69) is 24.1 Å². The Balaban J connectivity index is 1.54. The van der Waals surface area contributed by atoms with Crippen LogP contribution in [0.1, 0.15) is 35.3 Å². The number of hydrogen-bond donors (Lipinski definition) is 1. The largest absolute Gasteiger partial charge is 0.373 e. The maximum absolute atomic E-state index is 13.6. The maximum Gasteiger partial charge on any atom is 0.254 e. The van der Waals surface area contributed by atoms with E-state index >= 15 is 0 Å². The number of ether oxygens (including phenoxy) is 1. The first-order valence-electron chi connectivity index (χ1n) is 9.09. The molecule has 0 unspecified atom stereocenters. The number of halogens is 2. The first-order valence-corrected chi connectivity index (χ1v) is 9.09. The van der Waals surface area contributed by atoms with Crippen molar-refractivity contribution < 1.29 is 18.3 Å². The molecule has 1 amide bonds. The molecule has 2 aromatic carbocycles. The molecule has 3 rings (SSSR count). The third kappa shape index (κ3) is 5.34. The molecule has 0 spiro atoms. The molecule has 6 heteroatoms. The van der Waals surface area contributed by atoms with Crippen LogP contribution in [0.15, 0.2) is 42.5 Å². The van der Waals surface area contributed by atoms with E-state index < -0.39 is 17.5 Å². The normalized spacial score (nSPS) is 20.4. The predicted molar refractivity (Wildman–Crippen MR) is 99.3 cm³/mol. The lowest BCUT2D eigenvalue weighted by Gasteiger charge is -2.35. The lowest BCUT2D eigenvalue weighted by Crippen LogP contribution is -2.44. The average molecular weight is 374 g/mol. The molecule has 27 heavy (non-hydrogen) atoms. The molecule has 1 N–H and O–H groups in total. The summed E-state index contributed by atoms with van der Waals surface area (Å²) in [4.78, 5) is 14.4. The summed E-state index contributed by atoms with van der Waals surface area (Å²) in [5, 5.41) is 2.66. The third-order valence-electron chi connectivity index (χ3n) is 4.55. The molecule has 1 heterocycles. The van der Waals surface area contributed by atoms with E-state index in [1.54, 1.807) is 0 Å².